The topological polar surface area (TPSA) is 57.0 Å². The molecule has 0 bridgehead atoms. The molecule has 0 unspecified atom stereocenters. The van der Waals surface area contributed by atoms with Crippen molar-refractivity contribution < 1.29 is 0 Å². The first kappa shape index (κ1) is 14.8. The Hall–Kier alpha value is -2.76. The summed E-state index contributed by atoms with van der Waals surface area (Å²) >= 11 is 0. The molecule has 6 heteroatoms. The number of aromatic nitrogens is 2. The molecule has 0 saturated heterocycles. The molecule has 4 rings (SSSR count). The molecule has 0 atom stereocenters. The van der Waals surface area contributed by atoms with E-state index in [4.69, 9.17) is 0 Å². The molecule has 6 nitrogen and oxygen atoms in total. The maximum atomic E-state index is 4.68. The molecule has 0 aromatic carbocycles. The third-order valence-electron chi connectivity index (χ3n) is 4.44. The zero-order valence-corrected chi connectivity index (χ0v) is 13.7. The van der Waals surface area contributed by atoms with Crippen molar-refractivity contribution in [1.82, 2.24) is 19.8 Å². The van der Waals surface area contributed by atoms with Crippen LogP contribution in [0.15, 0.2) is 58.8 Å². The molecule has 0 spiro atoms. The van der Waals surface area contributed by atoms with Crippen molar-refractivity contribution in [3.63, 3.8) is 0 Å². The van der Waals surface area contributed by atoms with Crippen molar-refractivity contribution in [1.29, 1.82) is 0 Å². The van der Waals surface area contributed by atoms with Crippen LogP contribution >= 0.6 is 0 Å². The molecule has 2 aliphatic heterocycles. The average Bonchev–Trinajstić information content (AvgIpc) is 3.32. The summed E-state index contributed by atoms with van der Waals surface area (Å²) in [6.07, 6.45) is 3.79. The number of amidine groups is 2. The summed E-state index contributed by atoms with van der Waals surface area (Å²) in [4.78, 5) is 22.9. The molecular formula is C18H20N6. The summed E-state index contributed by atoms with van der Waals surface area (Å²) in [6.45, 7) is 5.62. The van der Waals surface area contributed by atoms with Crippen LogP contribution in [0, 0.1) is 0 Å². The van der Waals surface area contributed by atoms with Crippen LogP contribution in [0.2, 0.25) is 0 Å². The van der Waals surface area contributed by atoms with Crippen molar-refractivity contribution in [3.8, 4) is 0 Å². The van der Waals surface area contributed by atoms with Crippen LogP contribution in [0.25, 0.3) is 0 Å². The Morgan fingerprint density at radius 2 is 1.29 bits per heavy atom. The van der Waals surface area contributed by atoms with Crippen molar-refractivity contribution in [2.24, 2.45) is 9.98 Å². The van der Waals surface area contributed by atoms with Crippen molar-refractivity contribution in [2.75, 3.05) is 26.2 Å². The molecule has 122 valence electrons. The number of nitrogens with zero attached hydrogens (tertiary/aromatic N) is 6. The van der Waals surface area contributed by atoms with E-state index in [1.807, 2.05) is 48.8 Å². The van der Waals surface area contributed by atoms with Crippen molar-refractivity contribution >= 4 is 11.7 Å². The van der Waals surface area contributed by atoms with Gasteiger partial charge < -0.3 is 9.80 Å². The third kappa shape index (κ3) is 2.64. The Balaban J connectivity index is 1.58. The van der Waals surface area contributed by atoms with Crippen LogP contribution in [0.4, 0.5) is 0 Å². The second-order valence-electron chi connectivity index (χ2n) is 5.86. The Morgan fingerprint density at radius 1 is 0.792 bits per heavy atom. The maximum Gasteiger partial charge on any atom is 0.151 e. The average molecular weight is 320 g/mol. The zero-order chi connectivity index (χ0) is 16.4. The fourth-order valence-corrected chi connectivity index (χ4v) is 3.26. The van der Waals surface area contributed by atoms with E-state index in [-0.39, 0.29) is 6.17 Å². The summed E-state index contributed by atoms with van der Waals surface area (Å²) in [7, 11) is 0. The summed E-state index contributed by atoms with van der Waals surface area (Å²) in [5, 5.41) is 0. The van der Waals surface area contributed by atoms with Gasteiger partial charge in [0.05, 0.1) is 13.1 Å². The Kier molecular flexibility index (Phi) is 3.94. The van der Waals surface area contributed by atoms with E-state index in [2.05, 4.69) is 36.7 Å². The third-order valence-corrected chi connectivity index (χ3v) is 4.44. The number of rotatable bonds is 4. The van der Waals surface area contributed by atoms with Gasteiger partial charge in [-0.15, -0.1) is 0 Å². The Bertz CT molecular complexity index is 690. The molecule has 0 radical (unpaired) electrons. The number of aliphatic imine (C=N–C) groups is 2. The van der Waals surface area contributed by atoms with Gasteiger partial charge in [0.2, 0.25) is 0 Å². The molecule has 2 aromatic heterocycles. The zero-order valence-electron chi connectivity index (χ0n) is 13.7. The second-order valence-corrected chi connectivity index (χ2v) is 5.86. The lowest BCUT2D eigenvalue weighted by Crippen LogP contribution is -2.50. The quantitative estimate of drug-likeness (QED) is 0.859. The summed E-state index contributed by atoms with van der Waals surface area (Å²) in [5.74, 6) is 1.94. The van der Waals surface area contributed by atoms with Gasteiger partial charge in [0.15, 0.2) is 11.7 Å². The first-order valence-electron chi connectivity index (χ1n) is 8.29. The molecule has 4 heterocycles. The molecule has 2 aliphatic rings. The smallest absolute Gasteiger partial charge is 0.151 e. The Labute approximate surface area is 141 Å². The van der Waals surface area contributed by atoms with E-state index in [0.717, 1.165) is 49.2 Å². The lowest BCUT2D eigenvalue weighted by molar-refractivity contribution is 0.199. The van der Waals surface area contributed by atoms with Gasteiger partial charge in [0.25, 0.3) is 0 Å². The van der Waals surface area contributed by atoms with Crippen LogP contribution < -0.4 is 0 Å². The monoisotopic (exact) mass is 320 g/mol. The van der Waals surface area contributed by atoms with E-state index in [9.17, 15) is 0 Å². The van der Waals surface area contributed by atoms with Crippen LogP contribution in [0.5, 0.6) is 0 Å². The van der Waals surface area contributed by atoms with Gasteiger partial charge in [-0.2, -0.15) is 0 Å². The van der Waals surface area contributed by atoms with E-state index < -0.39 is 0 Å². The van der Waals surface area contributed by atoms with Gasteiger partial charge in [0, 0.05) is 25.5 Å². The van der Waals surface area contributed by atoms with Crippen LogP contribution in [-0.2, 0) is 0 Å². The normalized spacial score (nSPS) is 17.4. The van der Waals surface area contributed by atoms with Gasteiger partial charge in [0.1, 0.15) is 17.6 Å². The highest BCUT2D eigenvalue weighted by Crippen LogP contribution is 2.20. The fourth-order valence-electron chi connectivity index (χ4n) is 3.26. The first-order chi connectivity index (χ1) is 11.8. The number of hydrogen-bond donors (Lipinski definition) is 0. The predicted octanol–water partition coefficient (Wildman–Crippen LogP) is 1.65. The molecule has 0 aliphatic carbocycles. The van der Waals surface area contributed by atoms with Gasteiger partial charge in [-0.3, -0.25) is 20.0 Å². The van der Waals surface area contributed by atoms with Gasteiger partial charge >= 0.3 is 0 Å². The maximum absolute atomic E-state index is 4.68. The van der Waals surface area contributed by atoms with Gasteiger partial charge in [-0.1, -0.05) is 12.1 Å². The van der Waals surface area contributed by atoms with Gasteiger partial charge in [-0.05, 0) is 31.2 Å². The summed E-state index contributed by atoms with van der Waals surface area (Å²) in [5.41, 5.74) is 1.86. The molecule has 2 aromatic rings. The minimum absolute atomic E-state index is 0.163. The first-order valence-corrected chi connectivity index (χ1v) is 8.29. The second kappa shape index (κ2) is 6.39. The fraction of sp³-hybridized carbons (Fsp3) is 0.333. The van der Waals surface area contributed by atoms with E-state index >= 15 is 0 Å². The van der Waals surface area contributed by atoms with E-state index in [0.29, 0.717) is 0 Å². The van der Waals surface area contributed by atoms with Crippen LogP contribution in [0.3, 0.4) is 0 Å². The van der Waals surface area contributed by atoms with Crippen LogP contribution in [0.1, 0.15) is 18.3 Å². The minimum atomic E-state index is 0.163. The predicted molar refractivity (Wildman–Crippen MR) is 94.2 cm³/mol. The largest absolute Gasteiger partial charge is 0.333 e. The highest BCUT2D eigenvalue weighted by molar-refractivity contribution is 6.00. The van der Waals surface area contributed by atoms with E-state index in [1.165, 1.54) is 0 Å². The summed E-state index contributed by atoms with van der Waals surface area (Å²) < 4.78 is 0. The van der Waals surface area contributed by atoms with E-state index in [1.54, 1.807) is 0 Å². The van der Waals surface area contributed by atoms with Crippen molar-refractivity contribution in [3.05, 3.63) is 60.2 Å². The lowest BCUT2D eigenvalue weighted by atomic mass is 10.2. The van der Waals surface area contributed by atoms with Crippen LogP contribution in [-0.4, -0.2) is 63.8 Å². The highest BCUT2D eigenvalue weighted by Gasteiger charge is 2.32. The van der Waals surface area contributed by atoms with Gasteiger partial charge in [-0.25, -0.2) is 0 Å². The molecular weight excluding hydrogens is 300 g/mol. The molecule has 24 heavy (non-hydrogen) atoms. The van der Waals surface area contributed by atoms with Crippen molar-refractivity contribution in [2.45, 2.75) is 13.1 Å². The highest BCUT2D eigenvalue weighted by atomic mass is 15.4. The molecule has 0 fully saturated rings. The standard InChI is InChI=1S/C18H20N6/c1-14(23-12-10-21-17(23)15-6-2-4-8-19-15)24-13-11-22-18(24)16-7-3-5-9-20-16/h2-9,14H,10-13H2,1H3. The molecule has 0 amide bonds. The number of hydrogen-bond acceptors (Lipinski definition) is 6. The molecule has 0 N–H and O–H groups in total. The molecule has 0 saturated carbocycles. The minimum Gasteiger partial charge on any atom is -0.333 e. The SMILES string of the molecule is CC(N1CCN=C1c1ccccn1)N1CCN=C1c1ccccn1. The lowest BCUT2D eigenvalue weighted by Gasteiger charge is -2.36. The summed E-state index contributed by atoms with van der Waals surface area (Å²) in [6, 6.07) is 11.9. The number of pyridine rings is 2. The Morgan fingerprint density at radius 3 is 1.71 bits per heavy atom.